The zero-order chi connectivity index (χ0) is 22.6. The zero-order valence-corrected chi connectivity index (χ0v) is 17.9. The van der Waals surface area contributed by atoms with Gasteiger partial charge in [0.05, 0.1) is 6.54 Å². The third kappa shape index (κ3) is 2.97. The van der Waals surface area contributed by atoms with E-state index in [9.17, 15) is 14.4 Å². The smallest absolute Gasteiger partial charge is 0.332 e. The Morgan fingerprint density at radius 3 is 2.62 bits per heavy atom. The summed E-state index contributed by atoms with van der Waals surface area (Å²) in [6.45, 7) is 0.0150. The van der Waals surface area contributed by atoms with Crippen LogP contribution in [0.15, 0.2) is 58.3 Å². The fourth-order valence-corrected chi connectivity index (χ4v) is 4.06. The van der Waals surface area contributed by atoms with E-state index in [1.807, 2.05) is 18.2 Å². The Labute approximate surface area is 185 Å². The summed E-state index contributed by atoms with van der Waals surface area (Å²) in [5.41, 5.74) is 0.871. The number of benzene rings is 1. The SMILES string of the molecule is Cn1c(C(=O)c2ccccn2)nc2c1c(=O)n(Cc1cc3c(Cl)cccc3[nH]1)c(=O)n2C. The summed E-state index contributed by atoms with van der Waals surface area (Å²) in [4.78, 5) is 50.7. The van der Waals surface area contributed by atoms with Crippen LogP contribution >= 0.6 is 11.6 Å². The fourth-order valence-electron chi connectivity index (χ4n) is 3.83. The van der Waals surface area contributed by atoms with E-state index in [0.29, 0.717) is 10.7 Å². The number of aryl methyl sites for hydroxylation is 2. The van der Waals surface area contributed by atoms with Gasteiger partial charge in [0, 0.05) is 41.9 Å². The second-order valence-corrected chi connectivity index (χ2v) is 7.85. The number of ketones is 1. The fraction of sp³-hybridized carbons (Fsp3) is 0.136. The van der Waals surface area contributed by atoms with Crippen molar-refractivity contribution in [3.8, 4) is 0 Å². The number of imidazole rings is 1. The molecular weight excluding hydrogens is 432 g/mol. The number of hydrogen-bond donors (Lipinski definition) is 1. The molecule has 0 spiro atoms. The van der Waals surface area contributed by atoms with Crippen LogP contribution in [-0.4, -0.2) is 34.4 Å². The molecule has 32 heavy (non-hydrogen) atoms. The normalized spacial score (nSPS) is 11.5. The van der Waals surface area contributed by atoms with Gasteiger partial charge in [-0.3, -0.25) is 23.7 Å². The topological polar surface area (TPSA) is 108 Å². The van der Waals surface area contributed by atoms with Crippen molar-refractivity contribution in [3.05, 3.63) is 91.7 Å². The second-order valence-electron chi connectivity index (χ2n) is 7.44. The molecule has 0 aliphatic heterocycles. The lowest BCUT2D eigenvalue weighted by Gasteiger charge is -2.07. The molecule has 5 rings (SSSR count). The molecular formula is C22H17ClN6O3. The molecule has 9 nitrogen and oxygen atoms in total. The number of fused-ring (bicyclic) bond motifs is 2. The van der Waals surface area contributed by atoms with E-state index in [-0.39, 0.29) is 29.2 Å². The first-order valence-corrected chi connectivity index (χ1v) is 10.1. The average molecular weight is 449 g/mol. The quantitative estimate of drug-likeness (QED) is 0.424. The molecule has 0 bridgehead atoms. The van der Waals surface area contributed by atoms with Gasteiger partial charge < -0.3 is 9.55 Å². The maximum atomic E-state index is 13.3. The largest absolute Gasteiger partial charge is 0.357 e. The number of nitrogens with one attached hydrogen (secondary N) is 1. The van der Waals surface area contributed by atoms with Crippen molar-refractivity contribution in [1.82, 2.24) is 28.7 Å². The first-order chi connectivity index (χ1) is 15.4. The number of carbonyl (C=O) groups excluding carboxylic acids is 1. The van der Waals surface area contributed by atoms with Crippen molar-refractivity contribution < 1.29 is 4.79 Å². The highest BCUT2D eigenvalue weighted by Crippen LogP contribution is 2.24. The van der Waals surface area contributed by atoms with E-state index in [1.54, 1.807) is 31.3 Å². The maximum Gasteiger partial charge on any atom is 0.332 e. The average Bonchev–Trinajstić information content (AvgIpc) is 3.37. The van der Waals surface area contributed by atoms with Crippen LogP contribution in [0.3, 0.4) is 0 Å². The van der Waals surface area contributed by atoms with Crippen LogP contribution in [0.2, 0.25) is 5.02 Å². The summed E-state index contributed by atoms with van der Waals surface area (Å²) >= 11 is 6.24. The van der Waals surface area contributed by atoms with Crippen molar-refractivity contribution in [2.45, 2.75) is 6.54 Å². The summed E-state index contributed by atoms with van der Waals surface area (Å²) in [5.74, 6) is -0.408. The lowest BCUT2D eigenvalue weighted by molar-refractivity contribution is 0.102. The van der Waals surface area contributed by atoms with Gasteiger partial charge in [-0.15, -0.1) is 0 Å². The third-order valence-electron chi connectivity index (χ3n) is 5.46. The Hall–Kier alpha value is -3.98. The van der Waals surface area contributed by atoms with Crippen molar-refractivity contribution in [1.29, 1.82) is 0 Å². The molecule has 0 atom stereocenters. The van der Waals surface area contributed by atoms with Gasteiger partial charge in [-0.2, -0.15) is 0 Å². The zero-order valence-electron chi connectivity index (χ0n) is 17.2. The molecule has 0 unspecified atom stereocenters. The van der Waals surface area contributed by atoms with Gasteiger partial charge in [-0.1, -0.05) is 23.7 Å². The highest BCUT2D eigenvalue weighted by atomic mass is 35.5. The van der Waals surface area contributed by atoms with Gasteiger partial charge in [-0.25, -0.2) is 9.78 Å². The second kappa shape index (κ2) is 7.31. The molecule has 0 fully saturated rings. The maximum absolute atomic E-state index is 13.3. The number of hydrogen-bond acceptors (Lipinski definition) is 5. The number of pyridine rings is 1. The van der Waals surface area contributed by atoms with Crippen molar-refractivity contribution in [2.75, 3.05) is 0 Å². The molecule has 0 aliphatic carbocycles. The van der Waals surface area contributed by atoms with Gasteiger partial charge in [0.1, 0.15) is 5.69 Å². The highest BCUT2D eigenvalue weighted by molar-refractivity contribution is 6.35. The number of carbonyl (C=O) groups is 1. The number of nitrogens with zero attached hydrogens (tertiary/aromatic N) is 5. The minimum absolute atomic E-state index is 0.0150. The summed E-state index contributed by atoms with van der Waals surface area (Å²) in [6, 6.07) is 12.2. The van der Waals surface area contributed by atoms with Crippen molar-refractivity contribution in [3.63, 3.8) is 0 Å². The third-order valence-corrected chi connectivity index (χ3v) is 5.79. The number of aromatic amines is 1. The molecule has 5 aromatic rings. The van der Waals surface area contributed by atoms with Gasteiger partial charge in [0.25, 0.3) is 5.56 Å². The molecule has 10 heteroatoms. The molecule has 4 heterocycles. The lowest BCUT2D eigenvalue weighted by atomic mass is 10.2. The Morgan fingerprint density at radius 2 is 1.91 bits per heavy atom. The number of rotatable bonds is 4. The summed E-state index contributed by atoms with van der Waals surface area (Å²) in [7, 11) is 3.09. The van der Waals surface area contributed by atoms with Crippen molar-refractivity contribution in [2.24, 2.45) is 14.1 Å². The van der Waals surface area contributed by atoms with E-state index in [0.717, 1.165) is 15.5 Å². The number of halogens is 1. The molecule has 1 N–H and O–H groups in total. The van der Waals surface area contributed by atoms with Crippen LogP contribution in [0, 0.1) is 0 Å². The summed E-state index contributed by atoms with van der Waals surface area (Å²) in [5, 5.41) is 1.38. The Kier molecular flexibility index (Phi) is 4.56. The minimum atomic E-state index is -0.540. The standard InChI is InChI=1S/C22H17ClN6O3/c1-27-17-19(26-20(27)18(30)16-7-3-4-9-24-16)28(2)22(32)29(21(17)31)11-12-10-13-14(23)6-5-8-15(13)25-12/h3-10,25H,11H2,1-2H3. The molecule has 0 aliphatic rings. The van der Waals surface area contributed by atoms with Crippen LogP contribution in [0.25, 0.3) is 22.1 Å². The predicted octanol–water partition coefficient (Wildman–Crippen LogP) is 2.24. The van der Waals surface area contributed by atoms with E-state index < -0.39 is 17.0 Å². The number of aromatic nitrogens is 6. The molecule has 0 saturated heterocycles. The molecule has 0 radical (unpaired) electrons. The Bertz CT molecular complexity index is 1640. The Morgan fingerprint density at radius 1 is 1.09 bits per heavy atom. The molecule has 160 valence electrons. The molecule has 1 aromatic carbocycles. The number of H-pyrrole nitrogens is 1. The van der Waals surface area contributed by atoms with Crippen LogP contribution in [-0.2, 0) is 20.6 Å². The van der Waals surface area contributed by atoms with Gasteiger partial charge in [0.15, 0.2) is 17.0 Å². The van der Waals surface area contributed by atoms with Gasteiger partial charge in [0.2, 0.25) is 5.78 Å². The molecule has 4 aromatic heterocycles. The van der Waals surface area contributed by atoms with Crippen LogP contribution in [0.1, 0.15) is 22.0 Å². The monoisotopic (exact) mass is 448 g/mol. The molecule has 0 saturated carbocycles. The van der Waals surface area contributed by atoms with Crippen molar-refractivity contribution >= 4 is 39.5 Å². The summed E-state index contributed by atoms with van der Waals surface area (Å²) < 4.78 is 3.78. The minimum Gasteiger partial charge on any atom is -0.357 e. The van der Waals surface area contributed by atoms with E-state index >= 15 is 0 Å². The van der Waals surface area contributed by atoms with E-state index in [2.05, 4.69) is 15.0 Å². The van der Waals surface area contributed by atoms with Crippen LogP contribution in [0.4, 0.5) is 0 Å². The highest BCUT2D eigenvalue weighted by Gasteiger charge is 2.23. The first-order valence-electron chi connectivity index (χ1n) is 9.75. The Balaban J connectivity index is 1.67. The van der Waals surface area contributed by atoms with E-state index in [1.165, 1.54) is 22.4 Å². The van der Waals surface area contributed by atoms with Gasteiger partial charge >= 0.3 is 5.69 Å². The first kappa shape index (κ1) is 20.0. The van der Waals surface area contributed by atoms with Gasteiger partial charge in [-0.05, 0) is 30.3 Å². The lowest BCUT2D eigenvalue weighted by Crippen LogP contribution is -2.39. The molecule has 0 amide bonds. The van der Waals surface area contributed by atoms with Crippen LogP contribution in [0.5, 0.6) is 0 Å². The van der Waals surface area contributed by atoms with E-state index in [4.69, 9.17) is 11.6 Å². The van der Waals surface area contributed by atoms with Crippen LogP contribution < -0.4 is 11.2 Å². The summed E-state index contributed by atoms with van der Waals surface area (Å²) in [6.07, 6.45) is 1.51. The predicted molar refractivity (Wildman–Crippen MR) is 120 cm³/mol.